The number of benzene rings is 1. The third-order valence-electron chi connectivity index (χ3n) is 4.33. The Morgan fingerprint density at radius 1 is 1.35 bits per heavy atom. The number of amides is 1. The first-order valence-corrected chi connectivity index (χ1v) is 8.39. The molecule has 1 aromatic heterocycles. The van der Waals surface area contributed by atoms with Gasteiger partial charge in [0.2, 0.25) is 5.91 Å². The molecule has 1 saturated heterocycles. The number of hydrogen-bond donors (Lipinski definition) is 1. The Kier molecular flexibility index (Phi) is 5.04. The number of nitrogens with zero attached hydrogens (tertiary/aromatic N) is 2. The molecule has 1 aromatic carbocycles. The maximum Gasteiger partial charge on any atom is 0.416 e. The second-order valence-electron chi connectivity index (χ2n) is 6.40. The van der Waals surface area contributed by atoms with Crippen molar-refractivity contribution >= 4 is 5.91 Å². The Bertz CT molecular complexity index is 808. The van der Waals surface area contributed by atoms with E-state index in [1.54, 1.807) is 26.0 Å². The van der Waals surface area contributed by atoms with Crippen LogP contribution < -0.4 is 5.32 Å². The van der Waals surface area contributed by atoms with Gasteiger partial charge in [0.15, 0.2) is 0 Å². The fourth-order valence-electron chi connectivity index (χ4n) is 3.09. The molecule has 2 aromatic rings. The van der Waals surface area contributed by atoms with Crippen LogP contribution in [0.2, 0.25) is 0 Å². The largest absolute Gasteiger partial charge is 0.416 e. The number of halogens is 3. The van der Waals surface area contributed by atoms with Crippen molar-refractivity contribution in [3.8, 4) is 5.69 Å². The molecule has 0 aliphatic carbocycles. The zero-order valence-corrected chi connectivity index (χ0v) is 14.6. The van der Waals surface area contributed by atoms with E-state index in [0.717, 1.165) is 23.9 Å². The number of carbonyl (C=O) groups excluding carboxylic acids is 1. The smallest absolute Gasteiger partial charge is 0.368 e. The SMILES string of the molecule is Cc1cc(C)n(-c2ccc(CNC(=O)C3CCCO3)c(C(F)(F)F)c2)n1. The minimum atomic E-state index is -4.53. The van der Waals surface area contributed by atoms with Crippen LogP contribution in [0, 0.1) is 13.8 Å². The molecule has 0 spiro atoms. The normalized spacial score (nSPS) is 17.5. The molecule has 5 nitrogen and oxygen atoms in total. The van der Waals surface area contributed by atoms with Gasteiger partial charge >= 0.3 is 6.18 Å². The third-order valence-corrected chi connectivity index (χ3v) is 4.33. The van der Waals surface area contributed by atoms with Gasteiger partial charge in [-0.2, -0.15) is 18.3 Å². The molecule has 8 heteroatoms. The molecule has 0 saturated carbocycles. The number of alkyl halides is 3. The quantitative estimate of drug-likeness (QED) is 0.902. The molecule has 1 fully saturated rings. The molecule has 0 radical (unpaired) electrons. The predicted molar refractivity (Wildman–Crippen MR) is 88.9 cm³/mol. The molecule has 1 amide bonds. The van der Waals surface area contributed by atoms with Crippen LogP contribution in [-0.4, -0.2) is 28.4 Å². The number of carbonyl (C=O) groups is 1. The van der Waals surface area contributed by atoms with Gasteiger partial charge in [0.1, 0.15) is 6.10 Å². The van der Waals surface area contributed by atoms with Crippen LogP contribution in [0.1, 0.15) is 35.4 Å². The number of aryl methyl sites for hydroxylation is 2. The van der Waals surface area contributed by atoms with Gasteiger partial charge in [-0.1, -0.05) is 6.07 Å². The topological polar surface area (TPSA) is 56.2 Å². The molecule has 1 atom stereocenters. The lowest BCUT2D eigenvalue weighted by molar-refractivity contribution is -0.138. The maximum absolute atomic E-state index is 13.5. The lowest BCUT2D eigenvalue weighted by Crippen LogP contribution is -2.34. The van der Waals surface area contributed by atoms with Crippen molar-refractivity contribution in [2.75, 3.05) is 6.61 Å². The van der Waals surface area contributed by atoms with Crippen molar-refractivity contribution in [1.82, 2.24) is 15.1 Å². The summed E-state index contributed by atoms with van der Waals surface area (Å²) in [6.45, 7) is 3.86. The molecule has 1 aliphatic rings. The zero-order chi connectivity index (χ0) is 18.9. The summed E-state index contributed by atoms with van der Waals surface area (Å²) >= 11 is 0. The van der Waals surface area contributed by atoms with E-state index in [-0.39, 0.29) is 18.0 Å². The van der Waals surface area contributed by atoms with Crippen LogP contribution in [0.4, 0.5) is 13.2 Å². The summed E-state index contributed by atoms with van der Waals surface area (Å²) in [5, 5.41) is 6.76. The van der Waals surface area contributed by atoms with Crippen LogP contribution in [0.25, 0.3) is 5.69 Å². The molecular weight excluding hydrogens is 347 g/mol. The lowest BCUT2D eigenvalue weighted by Gasteiger charge is -2.17. The number of hydrogen-bond acceptors (Lipinski definition) is 3. The van der Waals surface area contributed by atoms with Gasteiger partial charge < -0.3 is 10.1 Å². The Hall–Kier alpha value is -2.35. The summed E-state index contributed by atoms with van der Waals surface area (Å²) in [6.07, 6.45) is -3.73. The van der Waals surface area contributed by atoms with Crippen molar-refractivity contribution in [1.29, 1.82) is 0 Å². The highest BCUT2D eigenvalue weighted by molar-refractivity contribution is 5.81. The Labute approximate surface area is 149 Å². The summed E-state index contributed by atoms with van der Waals surface area (Å²) in [4.78, 5) is 12.0. The second-order valence-corrected chi connectivity index (χ2v) is 6.40. The van der Waals surface area contributed by atoms with Crippen molar-refractivity contribution in [3.05, 3.63) is 46.8 Å². The molecule has 1 N–H and O–H groups in total. The van der Waals surface area contributed by atoms with E-state index in [0.29, 0.717) is 18.7 Å². The molecule has 1 unspecified atom stereocenters. The minimum Gasteiger partial charge on any atom is -0.368 e. The van der Waals surface area contributed by atoms with Gasteiger partial charge in [-0.25, -0.2) is 4.68 Å². The molecule has 2 heterocycles. The van der Waals surface area contributed by atoms with Gasteiger partial charge in [0.25, 0.3) is 0 Å². The summed E-state index contributed by atoms with van der Waals surface area (Å²) < 4.78 is 47.2. The third kappa shape index (κ3) is 3.90. The summed E-state index contributed by atoms with van der Waals surface area (Å²) in [5.41, 5.74) is 1.03. The monoisotopic (exact) mass is 367 g/mol. The summed E-state index contributed by atoms with van der Waals surface area (Å²) in [6, 6.07) is 5.81. The highest BCUT2D eigenvalue weighted by Gasteiger charge is 2.34. The molecule has 140 valence electrons. The van der Waals surface area contributed by atoms with Gasteiger partial charge in [-0.3, -0.25) is 4.79 Å². The van der Waals surface area contributed by atoms with Crippen LogP contribution in [0.15, 0.2) is 24.3 Å². The van der Waals surface area contributed by atoms with Gasteiger partial charge in [-0.15, -0.1) is 0 Å². The average Bonchev–Trinajstić information content (AvgIpc) is 3.21. The van der Waals surface area contributed by atoms with E-state index in [1.165, 1.54) is 10.7 Å². The van der Waals surface area contributed by atoms with Crippen molar-refractivity contribution in [2.24, 2.45) is 0 Å². The Balaban J connectivity index is 1.85. The van der Waals surface area contributed by atoms with Gasteiger partial charge in [0, 0.05) is 18.8 Å². The predicted octanol–water partition coefficient (Wildman–Crippen LogP) is 3.30. The first kappa shape index (κ1) is 18.4. The molecule has 1 aliphatic heterocycles. The zero-order valence-electron chi connectivity index (χ0n) is 14.6. The van der Waals surface area contributed by atoms with Gasteiger partial charge in [-0.05, 0) is 50.5 Å². The van der Waals surface area contributed by atoms with Crippen molar-refractivity contribution in [2.45, 2.75) is 45.5 Å². The van der Waals surface area contributed by atoms with E-state index < -0.39 is 17.8 Å². The first-order chi connectivity index (χ1) is 12.3. The highest BCUT2D eigenvalue weighted by Crippen LogP contribution is 2.33. The van der Waals surface area contributed by atoms with Crippen LogP contribution in [0.3, 0.4) is 0 Å². The number of aromatic nitrogens is 2. The number of ether oxygens (including phenoxy) is 1. The van der Waals surface area contributed by atoms with E-state index in [1.807, 2.05) is 0 Å². The molecule has 3 rings (SSSR count). The van der Waals surface area contributed by atoms with Crippen molar-refractivity contribution < 1.29 is 22.7 Å². The van der Waals surface area contributed by atoms with Crippen molar-refractivity contribution in [3.63, 3.8) is 0 Å². The molecule has 26 heavy (non-hydrogen) atoms. The first-order valence-electron chi connectivity index (χ1n) is 8.39. The maximum atomic E-state index is 13.5. The van der Waals surface area contributed by atoms with Crippen LogP contribution in [0.5, 0.6) is 0 Å². The number of rotatable bonds is 4. The fraction of sp³-hybridized carbons (Fsp3) is 0.444. The van der Waals surface area contributed by atoms with E-state index in [4.69, 9.17) is 4.74 Å². The second kappa shape index (κ2) is 7.11. The Morgan fingerprint density at radius 3 is 2.69 bits per heavy atom. The Morgan fingerprint density at radius 2 is 2.12 bits per heavy atom. The number of nitrogens with one attached hydrogen (secondary N) is 1. The van der Waals surface area contributed by atoms with Crippen LogP contribution >= 0.6 is 0 Å². The minimum absolute atomic E-state index is 0.00845. The molecular formula is C18H20F3N3O2. The highest BCUT2D eigenvalue weighted by atomic mass is 19.4. The van der Waals surface area contributed by atoms with E-state index >= 15 is 0 Å². The summed E-state index contributed by atoms with van der Waals surface area (Å²) in [5.74, 6) is -0.377. The molecule has 0 bridgehead atoms. The average molecular weight is 367 g/mol. The van der Waals surface area contributed by atoms with Gasteiger partial charge in [0.05, 0.1) is 16.9 Å². The fourth-order valence-corrected chi connectivity index (χ4v) is 3.09. The van der Waals surface area contributed by atoms with E-state index in [2.05, 4.69) is 10.4 Å². The standard InChI is InChI=1S/C18H20F3N3O2/c1-11-8-12(2)24(23-11)14-6-5-13(15(9-14)18(19,20)21)10-22-17(25)16-4-3-7-26-16/h5-6,8-9,16H,3-4,7,10H2,1-2H3,(H,22,25). The van der Waals surface area contributed by atoms with E-state index in [9.17, 15) is 18.0 Å². The summed E-state index contributed by atoms with van der Waals surface area (Å²) in [7, 11) is 0. The van der Waals surface area contributed by atoms with Crippen LogP contribution in [-0.2, 0) is 22.3 Å². The lowest BCUT2D eigenvalue weighted by atomic mass is 10.1.